The van der Waals surface area contributed by atoms with Gasteiger partial charge in [0.05, 0.1) is 6.10 Å². The lowest BCUT2D eigenvalue weighted by Crippen LogP contribution is -2.38. The van der Waals surface area contributed by atoms with Crippen molar-refractivity contribution in [2.75, 3.05) is 26.7 Å². The van der Waals surface area contributed by atoms with Gasteiger partial charge in [0, 0.05) is 26.7 Å². The lowest BCUT2D eigenvalue weighted by Gasteiger charge is -2.32. The molecule has 2 unspecified atom stereocenters. The van der Waals surface area contributed by atoms with E-state index in [1.165, 1.54) is 4.90 Å². The first-order valence-corrected chi connectivity index (χ1v) is 6.92. The number of hydrogen-bond acceptors (Lipinski definition) is 3. The van der Waals surface area contributed by atoms with E-state index in [1.54, 1.807) is 7.05 Å². The Balaban J connectivity index is 2.30. The van der Waals surface area contributed by atoms with E-state index in [2.05, 4.69) is 18.3 Å². The Labute approximate surface area is 115 Å². The first-order valence-electron chi connectivity index (χ1n) is 6.92. The summed E-state index contributed by atoms with van der Waals surface area (Å²) >= 11 is 0. The summed E-state index contributed by atoms with van der Waals surface area (Å²) in [6, 6.07) is 0. The van der Waals surface area contributed by atoms with Crippen molar-refractivity contribution in [3.63, 3.8) is 0 Å². The molecule has 1 aliphatic carbocycles. The molecule has 0 aromatic carbocycles. The van der Waals surface area contributed by atoms with Crippen molar-refractivity contribution in [2.45, 2.75) is 38.7 Å². The van der Waals surface area contributed by atoms with Crippen molar-refractivity contribution in [3.05, 3.63) is 12.2 Å². The molecular formula is C14H26N2O3. The predicted molar refractivity (Wildman–Crippen MR) is 75.2 cm³/mol. The highest BCUT2D eigenvalue weighted by Crippen LogP contribution is 2.31. The van der Waals surface area contributed by atoms with Crippen LogP contribution in [0.1, 0.15) is 32.6 Å². The van der Waals surface area contributed by atoms with E-state index in [0.29, 0.717) is 13.1 Å². The van der Waals surface area contributed by atoms with E-state index in [4.69, 9.17) is 5.11 Å². The van der Waals surface area contributed by atoms with E-state index in [9.17, 15) is 9.90 Å². The van der Waals surface area contributed by atoms with Gasteiger partial charge in [0.15, 0.2) is 0 Å². The van der Waals surface area contributed by atoms with Crippen LogP contribution >= 0.6 is 0 Å². The standard InChI is InChI=1S/C14H26N2O3/c1-14(7-4-3-5-12(17)6-8-14)11-15-9-10-16(2)13(18)19/h3,5,12,15,17H,4,6-11H2,1-2H3,(H,18,19)/b5-3-. The molecule has 5 heteroatoms. The summed E-state index contributed by atoms with van der Waals surface area (Å²) in [6.07, 6.45) is 6.59. The van der Waals surface area contributed by atoms with Crippen LogP contribution in [0.5, 0.6) is 0 Å². The Bertz CT molecular complexity index is 320. The molecule has 1 rings (SSSR count). The van der Waals surface area contributed by atoms with Crippen LogP contribution in [-0.4, -0.2) is 54.0 Å². The van der Waals surface area contributed by atoms with Gasteiger partial charge in [-0.2, -0.15) is 0 Å². The summed E-state index contributed by atoms with van der Waals surface area (Å²) in [5.74, 6) is 0. The first kappa shape index (κ1) is 16.0. The number of aliphatic hydroxyl groups is 1. The summed E-state index contributed by atoms with van der Waals surface area (Å²) < 4.78 is 0. The van der Waals surface area contributed by atoms with Crippen LogP contribution in [0.4, 0.5) is 4.79 Å². The van der Waals surface area contributed by atoms with Gasteiger partial charge in [0.25, 0.3) is 0 Å². The molecule has 5 nitrogen and oxygen atoms in total. The van der Waals surface area contributed by atoms with Crippen molar-refractivity contribution in [1.82, 2.24) is 10.2 Å². The molecule has 0 saturated heterocycles. The summed E-state index contributed by atoms with van der Waals surface area (Å²) in [5, 5.41) is 21.7. The van der Waals surface area contributed by atoms with E-state index in [-0.39, 0.29) is 11.5 Å². The van der Waals surface area contributed by atoms with Crippen LogP contribution in [0.15, 0.2) is 12.2 Å². The van der Waals surface area contributed by atoms with Crippen molar-refractivity contribution >= 4 is 6.09 Å². The van der Waals surface area contributed by atoms with E-state index < -0.39 is 6.09 Å². The third-order valence-electron chi connectivity index (χ3n) is 3.82. The van der Waals surface area contributed by atoms with E-state index in [1.807, 2.05) is 6.08 Å². The van der Waals surface area contributed by atoms with Gasteiger partial charge in [-0.05, 0) is 31.1 Å². The van der Waals surface area contributed by atoms with Gasteiger partial charge >= 0.3 is 6.09 Å². The van der Waals surface area contributed by atoms with Crippen LogP contribution in [0, 0.1) is 5.41 Å². The maximum Gasteiger partial charge on any atom is 0.407 e. The van der Waals surface area contributed by atoms with Crippen LogP contribution in [0.3, 0.4) is 0 Å². The Morgan fingerprint density at radius 1 is 1.53 bits per heavy atom. The Morgan fingerprint density at radius 2 is 2.26 bits per heavy atom. The fourth-order valence-electron chi connectivity index (χ4n) is 2.31. The van der Waals surface area contributed by atoms with Gasteiger partial charge in [-0.15, -0.1) is 0 Å². The second kappa shape index (κ2) is 7.50. The predicted octanol–water partition coefficient (Wildman–Crippen LogP) is 1.68. The molecule has 0 aliphatic heterocycles. The molecule has 0 saturated carbocycles. The van der Waals surface area contributed by atoms with E-state index >= 15 is 0 Å². The van der Waals surface area contributed by atoms with Crippen molar-refractivity contribution < 1.29 is 15.0 Å². The molecule has 1 aliphatic rings. The smallest absolute Gasteiger partial charge is 0.407 e. The SMILES string of the molecule is CN(CCNCC1(C)CC/C=C\C(O)CC1)C(=O)O. The molecule has 1 amide bonds. The lowest BCUT2D eigenvalue weighted by molar-refractivity contribution is 0.152. The lowest BCUT2D eigenvalue weighted by atomic mass is 9.79. The van der Waals surface area contributed by atoms with Gasteiger partial charge in [0.1, 0.15) is 0 Å². The first-order chi connectivity index (χ1) is 8.93. The number of carboxylic acid groups (broad SMARTS) is 1. The van der Waals surface area contributed by atoms with Gasteiger partial charge in [-0.1, -0.05) is 19.1 Å². The highest BCUT2D eigenvalue weighted by atomic mass is 16.4. The minimum absolute atomic E-state index is 0.174. The van der Waals surface area contributed by atoms with Crippen LogP contribution in [0.2, 0.25) is 0 Å². The number of aliphatic hydroxyl groups excluding tert-OH is 1. The summed E-state index contributed by atoms with van der Waals surface area (Å²) in [7, 11) is 1.57. The molecule has 3 N–H and O–H groups in total. The molecule has 0 aromatic heterocycles. The largest absolute Gasteiger partial charge is 0.465 e. The fourth-order valence-corrected chi connectivity index (χ4v) is 2.31. The van der Waals surface area contributed by atoms with Crippen molar-refractivity contribution in [3.8, 4) is 0 Å². The molecule has 0 spiro atoms. The van der Waals surface area contributed by atoms with E-state index in [0.717, 1.165) is 32.2 Å². The zero-order valence-electron chi connectivity index (χ0n) is 11.9. The normalized spacial score (nSPS) is 29.3. The monoisotopic (exact) mass is 270 g/mol. The number of hydrogen-bond donors (Lipinski definition) is 3. The molecule has 19 heavy (non-hydrogen) atoms. The molecule has 0 bridgehead atoms. The topological polar surface area (TPSA) is 72.8 Å². The third kappa shape index (κ3) is 6.07. The maximum atomic E-state index is 10.6. The zero-order chi connectivity index (χ0) is 14.3. The Hall–Kier alpha value is -1.07. The number of carbonyl (C=O) groups is 1. The Morgan fingerprint density at radius 3 is 2.95 bits per heavy atom. The highest BCUT2D eigenvalue weighted by Gasteiger charge is 2.25. The quantitative estimate of drug-likeness (QED) is 0.525. The van der Waals surface area contributed by atoms with Gasteiger partial charge in [-0.25, -0.2) is 4.79 Å². The summed E-state index contributed by atoms with van der Waals surface area (Å²) in [6.45, 7) is 4.25. The molecule has 0 fully saturated rings. The number of nitrogens with one attached hydrogen (secondary N) is 1. The van der Waals surface area contributed by atoms with Crippen molar-refractivity contribution in [2.24, 2.45) is 5.41 Å². The molecule has 0 radical (unpaired) electrons. The fraction of sp³-hybridized carbons (Fsp3) is 0.786. The van der Waals surface area contributed by atoms with Gasteiger partial charge < -0.3 is 20.4 Å². The van der Waals surface area contributed by atoms with Gasteiger partial charge in [0.2, 0.25) is 0 Å². The average Bonchev–Trinajstić information content (AvgIpc) is 2.35. The molecule has 110 valence electrons. The number of nitrogens with zero attached hydrogens (tertiary/aromatic N) is 1. The Kier molecular flexibility index (Phi) is 6.31. The minimum atomic E-state index is -0.896. The maximum absolute atomic E-state index is 10.6. The third-order valence-corrected chi connectivity index (χ3v) is 3.82. The molecule has 0 aromatic rings. The minimum Gasteiger partial charge on any atom is -0.465 e. The summed E-state index contributed by atoms with van der Waals surface area (Å²) in [4.78, 5) is 11.9. The molecular weight excluding hydrogens is 244 g/mol. The second-order valence-corrected chi connectivity index (χ2v) is 5.76. The second-order valence-electron chi connectivity index (χ2n) is 5.76. The summed E-state index contributed by atoms with van der Waals surface area (Å²) in [5.41, 5.74) is 0.174. The van der Waals surface area contributed by atoms with Crippen molar-refractivity contribution in [1.29, 1.82) is 0 Å². The molecule has 0 heterocycles. The van der Waals surface area contributed by atoms with Crippen LogP contribution in [0.25, 0.3) is 0 Å². The zero-order valence-corrected chi connectivity index (χ0v) is 11.9. The number of amides is 1. The average molecular weight is 270 g/mol. The van der Waals surface area contributed by atoms with Crippen LogP contribution < -0.4 is 5.32 Å². The van der Waals surface area contributed by atoms with Crippen LogP contribution in [-0.2, 0) is 0 Å². The molecule has 2 atom stereocenters. The number of rotatable bonds is 5. The number of allylic oxidation sites excluding steroid dienone is 1. The highest BCUT2D eigenvalue weighted by molar-refractivity contribution is 5.64. The van der Waals surface area contributed by atoms with Gasteiger partial charge in [-0.3, -0.25) is 0 Å². The number of likely N-dealkylation sites (N-methyl/N-ethyl adjacent to an activating group) is 1.